The van der Waals surface area contributed by atoms with Gasteiger partial charge in [-0.25, -0.2) is 0 Å². The van der Waals surface area contributed by atoms with Crippen LogP contribution in [0.2, 0.25) is 5.02 Å². The second-order valence-corrected chi connectivity index (χ2v) is 5.86. The number of anilines is 2. The summed E-state index contributed by atoms with van der Waals surface area (Å²) in [6.45, 7) is 0. The SMILES string of the molecule is Clc1ccc(Nc2ccc3c(ccn3-c3ccccc3)c2)cc1. The smallest absolute Gasteiger partial charge is 0.0529 e. The van der Waals surface area contributed by atoms with Gasteiger partial charge in [0.1, 0.15) is 0 Å². The summed E-state index contributed by atoms with van der Waals surface area (Å²) in [5.74, 6) is 0. The van der Waals surface area contributed by atoms with Gasteiger partial charge in [0.2, 0.25) is 0 Å². The largest absolute Gasteiger partial charge is 0.356 e. The molecule has 2 nitrogen and oxygen atoms in total. The van der Waals surface area contributed by atoms with E-state index < -0.39 is 0 Å². The Labute approximate surface area is 139 Å². The Kier molecular flexibility index (Phi) is 3.52. The fraction of sp³-hybridized carbons (Fsp3) is 0. The van der Waals surface area contributed by atoms with Crippen LogP contribution in [0.5, 0.6) is 0 Å². The Balaban J connectivity index is 1.68. The number of halogens is 1. The summed E-state index contributed by atoms with van der Waals surface area (Å²) >= 11 is 5.92. The van der Waals surface area contributed by atoms with E-state index in [0.717, 1.165) is 16.4 Å². The Morgan fingerprint density at radius 1 is 0.739 bits per heavy atom. The first kappa shape index (κ1) is 13.9. The molecule has 4 aromatic rings. The summed E-state index contributed by atoms with van der Waals surface area (Å²) in [5, 5.41) is 5.35. The van der Waals surface area contributed by atoms with Gasteiger partial charge in [0, 0.05) is 33.7 Å². The molecule has 0 bridgehead atoms. The number of benzene rings is 3. The average Bonchev–Trinajstić information content (AvgIpc) is 3.01. The van der Waals surface area contributed by atoms with Gasteiger partial charge in [-0.1, -0.05) is 29.8 Å². The fourth-order valence-corrected chi connectivity index (χ4v) is 2.86. The summed E-state index contributed by atoms with van der Waals surface area (Å²) < 4.78 is 2.20. The molecule has 0 spiro atoms. The lowest BCUT2D eigenvalue weighted by Crippen LogP contribution is -1.92. The van der Waals surface area contributed by atoms with Gasteiger partial charge in [0.25, 0.3) is 0 Å². The van der Waals surface area contributed by atoms with Crippen molar-refractivity contribution in [2.75, 3.05) is 5.32 Å². The van der Waals surface area contributed by atoms with E-state index in [0.29, 0.717) is 0 Å². The molecule has 0 aliphatic heterocycles. The molecule has 1 N–H and O–H groups in total. The number of rotatable bonds is 3. The van der Waals surface area contributed by atoms with Gasteiger partial charge in [-0.3, -0.25) is 0 Å². The van der Waals surface area contributed by atoms with Crippen LogP contribution in [0.4, 0.5) is 11.4 Å². The standard InChI is InChI=1S/C20H15ClN2/c21-16-6-8-17(9-7-16)22-18-10-11-20-15(14-18)12-13-23(20)19-4-2-1-3-5-19/h1-14,22H. The normalized spacial score (nSPS) is 10.8. The van der Waals surface area contributed by atoms with E-state index in [-0.39, 0.29) is 0 Å². The van der Waals surface area contributed by atoms with Crippen molar-refractivity contribution in [3.05, 3.63) is 90.1 Å². The van der Waals surface area contributed by atoms with Crippen molar-refractivity contribution in [2.24, 2.45) is 0 Å². The lowest BCUT2D eigenvalue weighted by atomic mass is 10.2. The lowest BCUT2D eigenvalue weighted by Gasteiger charge is -2.08. The zero-order valence-electron chi connectivity index (χ0n) is 12.4. The molecule has 0 unspecified atom stereocenters. The van der Waals surface area contributed by atoms with Gasteiger partial charge in [-0.05, 0) is 60.7 Å². The quantitative estimate of drug-likeness (QED) is 0.488. The van der Waals surface area contributed by atoms with Crippen LogP contribution in [0.15, 0.2) is 85.1 Å². The molecule has 3 heteroatoms. The zero-order valence-corrected chi connectivity index (χ0v) is 13.2. The minimum absolute atomic E-state index is 0.742. The molecule has 0 aliphatic rings. The highest BCUT2D eigenvalue weighted by atomic mass is 35.5. The van der Waals surface area contributed by atoms with Crippen molar-refractivity contribution in [1.29, 1.82) is 0 Å². The zero-order chi connectivity index (χ0) is 15.6. The number of fused-ring (bicyclic) bond motifs is 1. The minimum Gasteiger partial charge on any atom is -0.356 e. The van der Waals surface area contributed by atoms with Crippen molar-refractivity contribution in [3.8, 4) is 5.69 Å². The Bertz CT molecular complexity index is 940. The number of nitrogens with zero attached hydrogens (tertiary/aromatic N) is 1. The Morgan fingerprint density at radius 3 is 2.26 bits per heavy atom. The van der Waals surface area contributed by atoms with Gasteiger partial charge in [0.05, 0.1) is 5.52 Å². The van der Waals surface area contributed by atoms with Gasteiger partial charge < -0.3 is 9.88 Å². The van der Waals surface area contributed by atoms with Crippen LogP contribution in [0.1, 0.15) is 0 Å². The van der Waals surface area contributed by atoms with Crippen LogP contribution in [0.25, 0.3) is 16.6 Å². The van der Waals surface area contributed by atoms with E-state index in [1.54, 1.807) is 0 Å². The van der Waals surface area contributed by atoms with E-state index >= 15 is 0 Å². The second-order valence-electron chi connectivity index (χ2n) is 5.43. The van der Waals surface area contributed by atoms with Crippen molar-refractivity contribution in [3.63, 3.8) is 0 Å². The first-order chi connectivity index (χ1) is 11.3. The molecule has 0 atom stereocenters. The predicted molar refractivity (Wildman–Crippen MR) is 98.0 cm³/mol. The number of hydrogen-bond acceptors (Lipinski definition) is 1. The van der Waals surface area contributed by atoms with Crippen molar-refractivity contribution in [1.82, 2.24) is 4.57 Å². The third-order valence-electron chi connectivity index (χ3n) is 3.86. The van der Waals surface area contributed by atoms with Gasteiger partial charge >= 0.3 is 0 Å². The molecule has 0 saturated carbocycles. The fourth-order valence-electron chi connectivity index (χ4n) is 2.73. The maximum atomic E-state index is 5.92. The summed E-state index contributed by atoms with van der Waals surface area (Å²) in [4.78, 5) is 0. The number of aromatic nitrogens is 1. The lowest BCUT2D eigenvalue weighted by molar-refractivity contribution is 1.13. The van der Waals surface area contributed by atoms with Crippen LogP contribution < -0.4 is 5.32 Å². The van der Waals surface area contributed by atoms with Crippen molar-refractivity contribution >= 4 is 33.9 Å². The van der Waals surface area contributed by atoms with E-state index in [4.69, 9.17) is 11.6 Å². The van der Waals surface area contributed by atoms with Crippen LogP contribution in [0, 0.1) is 0 Å². The molecule has 1 heterocycles. The predicted octanol–water partition coefficient (Wildman–Crippen LogP) is 6.03. The van der Waals surface area contributed by atoms with Crippen LogP contribution in [0.3, 0.4) is 0 Å². The molecule has 0 radical (unpaired) electrons. The molecule has 112 valence electrons. The molecule has 3 aromatic carbocycles. The maximum absolute atomic E-state index is 5.92. The van der Waals surface area contributed by atoms with E-state index in [1.807, 2.05) is 30.3 Å². The number of para-hydroxylation sites is 1. The van der Waals surface area contributed by atoms with Gasteiger partial charge in [0.15, 0.2) is 0 Å². The Hall–Kier alpha value is -2.71. The first-order valence-electron chi connectivity index (χ1n) is 7.49. The molecule has 4 rings (SSSR count). The van der Waals surface area contributed by atoms with Gasteiger partial charge in [-0.2, -0.15) is 0 Å². The third-order valence-corrected chi connectivity index (χ3v) is 4.11. The average molecular weight is 319 g/mol. The van der Waals surface area contributed by atoms with E-state index in [2.05, 4.69) is 64.6 Å². The van der Waals surface area contributed by atoms with E-state index in [9.17, 15) is 0 Å². The highest BCUT2D eigenvalue weighted by Crippen LogP contribution is 2.26. The topological polar surface area (TPSA) is 17.0 Å². The molecular formula is C20H15ClN2. The molecule has 0 aliphatic carbocycles. The van der Waals surface area contributed by atoms with Crippen LogP contribution in [-0.4, -0.2) is 4.57 Å². The van der Waals surface area contributed by atoms with Crippen LogP contribution in [-0.2, 0) is 0 Å². The molecule has 0 amide bonds. The number of nitrogens with one attached hydrogen (secondary N) is 1. The Morgan fingerprint density at radius 2 is 1.48 bits per heavy atom. The summed E-state index contributed by atoms with van der Waals surface area (Å²) in [5.41, 5.74) is 4.45. The molecule has 23 heavy (non-hydrogen) atoms. The molecule has 1 aromatic heterocycles. The molecular weight excluding hydrogens is 304 g/mol. The monoisotopic (exact) mass is 318 g/mol. The highest BCUT2D eigenvalue weighted by molar-refractivity contribution is 6.30. The van der Waals surface area contributed by atoms with Crippen LogP contribution >= 0.6 is 11.6 Å². The third kappa shape index (κ3) is 2.81. The number of hydrogen-bond donors (Lipinski definition) is 1. The minimum atomic E-state index is 0.742. The first-order valence-corrected chi connectivity index (χ1v) is 7.86. The van der Waals surface area contributed by atoms with Gasteiger partial charge in [-0.15, -0.1) is 0 Å². The molecule has 0 fully saturated rings. The van der Waals surface area contributed by atoms with E-state index in [1.165, 1.54) is 16.6 Å². The molecule has 0 saturated heterocycles. The second kappa shape index (κ2) is 5.82. The van der Waals surface area contributed by atoms with Crippen molar-refractivity contribution < 1.29 is 0 Å². The highest BCUT2D eigenvalue weighted by Gasteiger charge is 2.04. The summed E-state index contributed by atoms with van der Waals surface area (Å²) in [6.07, 6.45) is 2.10. The maximum Gasteiger partial charge on any atom is 0.0529 e. The summed E-state index contributed by atoms with van der Waals surface area (Å²) in [7, 11) is 0. The summed E-state index contributed by atoms with van der Waals surface area (Å²) in [6, 6.07) is 26.6. The van der Waals surface area contributed by atoms with Crippen molar-refractivity contribution in [2.45, 2.75) is 0 Å².